The van der Waals surface area contributed by atoms with Gasteiger partial charge in [-0.05, 0) is 23.5 Å². The third-order valence-corrected chi connectivity index (χ3v) is 2.58. The Kier molecular flexibility index (Phi) is 3.38. The molecule has 0 saturated heterocycles. The second-order valence-electron chi connectivity index (χ2n) is 4.71. The molecule has 0 spiro atoms. The highest BCUT2D eigenvalue weighted by molar-refractivity contribution is 5.44. The Bertz CT molecular complexity index is 350. The molecule has 0 N–H and O–H groups in total. The molecule has 84 valence electrons. The van der Waals surface area contributed by atoms with Crippen molar-refractivity contribution < 1.29 is 9.13 Å². The Labute approximate surface area is 91.3 Å². The molecule has 1 nitrogen and oxygen atoms in total. The van der Waals surface area contributed by atoms with Crippen LogP contribution in [0.3, 0.4) is 0 Å². The van der Waals surface area contributed by atoms with E-state index in [1.54, 1.807) is 0 Å². The zero-order valence-corrected chi connectivity index (χ0v) is 10.1. The summed E-state index contributed by atoms with van der Waals surface area (Å²) in [4.78, 5) is 0. The van der Waals surface area contributed by atoms with E-state index in [4.69, 9.17) is 4.74 Å². The van der Waals surface area contributed by atoms with Crippen molar-refractivity contribution in [3.05, 3.63) is 29.1 Å². The maximum absolute atomic E-state index is 13.5. The fraction of sp³-hybridized carbons (Fsp3) is 0.538. The minimum absolute atomic E-state index is 0.0202. The van der Waals surface area contributed by atoms with Crippen molar-refractivity contribution in [1.29, 1.82) is 0 Å². The number of hydrogen-bond acceptors (Lipinski definition) is 1. The van der Waals surface area contributed by atoms with Crippen molar-refractivity contribution in [2.24, 2.45) is 0 Å². The minimum Gasteiger partial charge on any atom is -0.493 e. The van der Waals surface area contributed by atoms with Crippen LogP contribution in [0.2, 0.25) is 0 Å². The first-order valence-electron chi connectivity index (χ1n) is 5.27. The highest BCUT2D eigenvalue weighted by atomic mass is 19.1. The van der Waals surface area contributed by atoms with Gasteiger partial charge in [-0.15, -0.1) is 0 Å². The largest absolute Gasteiger partial charge is 0.493 e. The monoisotopic (exact) mass is 210 g/mol. The van der Waals surface area contributed by atoms with Crippen molar-refractivity contribution in [3.63, 3.8) is 0 Å². The van der Waals surface area contributed by atoms with Gasteiger partial charge in [0.2, 0.25) is 0 Å². The Hall–Kier alpha value is -1.05. The molecule has 2 heteroatoms. The molecule has 0 amide bonds. The van der Waals surface area contributed by atoms with Crippen LogP contribution in [0.25, 0.3) is 0 Å². The lowest BCUT2D eigenvalue weighted by molar-refractivity contribution is 0.379. The molecule has 0 unspecified atom stereocenters. The minimum atomic E-state index is -0.276. The van der Waals surface area contributed by atoms with Crippen molar-refractivity contribution in [3.8, 4) is 5.75 Å². The molecule has 0 radical (unpaired) electrons. The maximum atomic E-state index is 13.5. The third-order valence-electron chi connectivity index (χ3n) is 2.58. The predicted octanol–water partition coefficient (Wildman–Crippen LogP) is 3.69. The van der Waals surface area contributed by atoms with Gasteiger partial charge in [-0.3, -0.25) is 0 Å². The lowest BCUT2D eigenvalue weighted by Gasteiger charge is -2.24. The van der Waals surface area contributed by atoms with Gasteiger partial charge >= 0.3 is 0 Å². The standard InChI is InChI=1S/C13H19FO/c1-6-9-10(13(2,3)4)7-8-11(14)12(9)15-5/h7-8H,6H2,1-5H3. The van der Waals surface area contributed by atoms with Crippen molar-refractivity contribution in [2.45, 2.75) is 39.5 Å². The average molecular weight is 210 g/mol. The van der Waals surface area contributed by atoms with E-state index in [0.717, 1.165) is 17.5 Å². The van der Waals surface area contributed by atoms with Crippen molar-refractivity contribution in [2.75, 3.05) is 7.11 Å². The second kappa shape index (κ2) is 4.21. The Morgan fingerprint density at radius 2 is 1.87 bits per heavy atom. The molecular formula is C13H19FO. The molecule has 0 fully saturated rings. The molecule has 15 heavy (non-hydrogen) atoms. The Morgan fingerprint density at radius 3 is 2.27 bits per heavy atom. The van der Waals surface area contributed by atoms with Crippen LogP contribution >= 0.6 is 0 Å². The van der Waals surface area contributed by atoms with E-state index in [2.05, 4.69) is 20.8 Å². The highest BCUT2D eigenvalue weighted by Crippen LogP contribution is 2.33. The van der Waals surface area contributed by atoms with Gasteiger partial charge in [0.1, 0.15) is 0 Å². The molecule has 0 bridgehead atoms. The lowest BCUT2D eigenvalue weighted by atomic mass is 9.82. The van der Waals surface area contributed by atoms with Crippen LogP contribution in [-0.4, -0.2) is 7.11 Å². The van der Waals surface area contributed by atoms with E-state index in [1.165, 1.54) is 13.2 Å². The summed E-state index contributed by atoms with van der Waals surface area (Å²) in [6, 6.07) is 3.34. The van der Waals surface area contributed by atoms with E-state index in [1.807, 2.05) is 13.0 Å². The number of halogens is 1. The van der Waals surface area contributed by atoms with Crippen LogP contribution in [0.15, 0.2) is 12.1 Å². The molecule has 0 atom stereocenters. The van der Waals surface area contributed by atoms with E-state index < -0.39 is 0 Å². The van der Waals surface area contributed by atoms with Gasteiger partial charge in [0.25, 0.3) is 0 Å². The number of ether oxygens (including phenoxy) is 1. The van der Waals surface area contributed by atoms with Crippen LogP contribution in [0.4, 0.5) is 4.39 Å². The zero-order chi connectivity index (χ0) is 11.6. The third kappa shape index (κ3) is 2.31. The summed E-state index contributed by atoms with van der Waals surface area (Å²) in [5, 5.41) is 0. The van der Waals surface area contributed by atoms with Crippen LogP contribution in [0.5, 0.6) is 5.75 Å². The number of methoxy groups -OCH3 is 1. The van der Waals surface area contributed by atoms with Gasteiger partial charge < -0.3 is 4.74 Å². The van der Waals surface area contributed by atoms with Gasteiger partial charge in [0, 0.05) is 5.56 Å². The molecule has 0 saturated carbocycles. The summed E-state index contributed by atoms with van der Waals surface area (Å²) < 4.78 is 18.6. The van der Waals surface area contributed by atoms with E-state index in [0.29, 0.717) is 5.75 Å². The first kappa shape index (κ1) is 12.0. The van der Waals surface area contributed by atoms with Crippen LogP contribution in [0.1, 0.15) is 38.8 Å². The van der Waals surface area contributed by atoms with Crippen LogP contribution in [-0.2, 0) is 11.8 Å². The average Bonchev–Trinajstić information content (AvgIpc) is 2.15. The SMILES string of the molecule is CCc1c(C(C)(C)C)ccc(F)c1OC. The molecule has 0 aromatic heterocycles. The van der Waals surface area contributed by atoms with Gasteiger partial charge in [0.15, 0.2) is 11.6 Å². The lowest BCUT2D eigenvalue weighted by Crippen LogP contribution is -2.15. The Morgan fingerprint density at radius 1 is 1.27 bits per heavy atom. The molecule has 1 aromatic carbocycles. The quantitative estimate of drug-likeness (QED) is 0.723. The number of benzene rings is 1. The number of rotatable bonds is 2. The van der Waals surface area contributed by atoms with Gasteiger partial charge in [-0.2, -0.15) is 0 Å². The molecule has 0 aliphatic rings. The number of hydrogen-bond donors (Lipinski definition) is 0. The van der Waals surface area contributed by atoms with Crippen LogP contribution in [0, 0.1) is 5.82 Å². The van der Waals surface area contributed by atoms with Gasteiger partial charge in [-0.25, -0.2) is 4.39 Å². The second-order valence-corrected chi connectivity index (χ2v) is 4.71. The smallest absolute Gasteiger partial charge is 0.165 e. The summed E-state index contributed by atoms with van der Waals surface area (Å²) in [6.45, 7) is 8.39. The Balaban J connectivity index is 3.42. The summed E-state index contributed by atoms with van der Waals surface area (Å²) in [7, 11) is 1.52. The first-order chi connectivity index (χ1) is 6.91. The van der Waals surface area contributed by atoms with E-state index in [9.17, 15) is 4.39 Å². The van der Waals surface area contributed by atoms with E-state index >= 15 is 0 Å². The fourth-order valence-corrected chi connectivity index (χ4v) is 1.87. The normalized spacial score (nSPS) is 11.6. The molecule has 0 aliphatic heterocycles. The zero-order valence-electron chi connectivity index (χ0n) is 10.1. The van der Waals surface area contributed by atoms with Crippen molar-refractivity contribution in [1.82, 2.24) is 0 Å². The predicted molar refractivity (Wildman–Crippen MR) is 61.0 cm³/mol. The molecule has 1 rings (SSSR count). The first-order valence-corrected chi connectivity index (χ1v) is 5.27. The van der Waals surface area contributed by atoms with Crippen LogP contribution < -0.4 is 4.74 Å². The van der Waals surface area contributed by atoms with Gasteiger partial charge in [-0.1, -0.05) is 33.8 Å². The summed E-state index contributed by atoms with van der Waals surface area (Å²) in [6.07, 6.45) is 0.785. The summed E-state index contributed by atoms with van der Waals surface area (Å²) >= 11 is 0. The summed E-state index contributed by atoms with van der Waals surface area (Å²) in [5.41, 5.74) is 2.15. The fourth-order valence-electron chi connectivity index (χ4n) is 1.87. The van der Waals surface area contributed by atoms with Gasteiger partial charge in [0.05, 0.1) is 7.11 Å². The molecule has 0 heterocycles. The highest BCUT2D eigenvalue weighted by Gasteiger charge is 2.21. The molecule has 0 aliphatic carbocycles. The molecular weight excluding hydrogens is 191 g/mol. The van der Waals surface area contributed by atoms with E-state index in [-0.39, 0.29) is 11.2 Å². The summed E-state index contributed by atoms with van der Waals surface area (Å²) in [5.74, 6) is 0.118. The maximum Gasteiger partial charge on any atom is 0.165 e. The molecule has 1 aromatic rings. The topological polar surface area (TPSA) is 9.23 Å². The van der Waals surface area contributed by atoms with Crippen molar-refractivity contribution >= 4 is 0 Å².